The van der Waals surface area contributed by atoms with E-state index in [1.165, 1.54) is 7.11 Å². The molecule has 0 aliphatic carbocycles. The van der Waals surface area contributed by atoms with Crippen LogP contribution in [0.2, 0.25) is 0 Å². The first-order valence-electron chi connectivity index (χ1n) is 10.4. The van der Waals surface area contributed by atoms with Gasteiger partial charge in [0.05, 0.1) is 19.1 Å². The van der Waals surface area contributed by atoms with Gasteiger partial charge in [0.15, 0.2) is 0 Å². The molecule has 6 nitrogen and oxygen atoms in total. The fourth-order valence-electron chi connectivity index (χ4n) is 7.22. The van der Waals surface area contributed by atoms with Crippen LogP contribution in [0.25, 0.3) is 0 Å². The fourth-order valence-corrected chi connectivity index (χ4v) is 7.58. The Morgan fingerprint density at radius 2 is 2.14 bits per heavy atom. The lowest BCUT2D eigenvalue weighted by Gasteiger charge is -2.59. The highest BCUT2D eigenvalue weighted by Gasteiger charge is 2.75. The number of carbonyl (C=O) groups is 2. The van der Waals surface area contributed by atoms with E-state index in [-0.39, 0.29) is 36.5 Å². The smallest absolute Gasteiger partial charge is 0.316 e. The Morgan fingerprint density at radius 3 is 2.79 bits per heavy atom. The highest BCUT2D eigenvalue weighted by Crippen LogP contribution is 2.65. The number of aliphatic hydroxyl groups excluding tert-OH is 1. The van der Waals surface area contributed by atoms with Crippen molar-refractivity contribution < 1.29 is 19.4 Å². The van der Waals surface area contributed by atoms with E-state index >= 15 is 0 Å². The number of esters is 1. The number of benzene rings is 1. The predicted octanol–water partition coefficient (Wildman–Crippen LogP) is 2.32. The Bertz CT molecular complexity index is 907. The molecule has 5 heterocycles. The Balaban J connectivity index is 1.71. The molecule has 5 aliphatic rings. The lowest BCUT2D eigenvalue weighted by molar-refractivity contribution is -0.191. The Kier molecular flexibility index (Phi) is 4.23. The summed E-state index contributed by atoms with van der Waals surface area (Å²) in [6.07, 6.45) is 2.23. The van der Waals surface area contributed by atoms with Crippen LogP contribution in [0.5, 0.6) is 0 Å². The summed E-state index contributed by atoms with van der Waals surface area (Å²) in [5, 5.41) is 10.6. The highest BCUT2D eigenvalue weighted by molar-refractivity contribution is 9.10. The Morgan fingerprint density at radius 1 is 1.38 bits per heavy atom. The normalized spacial score (nSPS) is 41.9. The van der Waals surface area contributed by atoms with E-state index in [1.807, 2.05) is 19.2 Å². The predicted molar refractivity (Wildman–Crippen MR) is 112 cm³/mol. The standard InChI is InChI=1S/C22H27BrN2O4/c1-4-12-10-25-17-8-14(12)22(11-26,20(28)29-3)18(25)9-21(17)15-7-13(23)5-6-16(15)24(2)19(21)27/h5-7,12,14,17-18,26H,4,8-11H2,1-3H3/t12?,14-,17-,18-,21-,22?/m0/s1. The number of aliphatic hydroxyl groups is 1. The molecule has 6 rings (SSSR count). The number of hydrogen-bond acceptors (Lipinski definition) is 5. The number of halogens is 1. The topological polar surface area (TPSA) is 70.1 Å². The van der Waals surface area contributed by atoms with Crippen LogP contribution in [0.3, 0.4) is 0 Å². The van der Waals surface area contributed by atoms with Crippen LogP contribution in [0.15, 0.2) is 22.7 Å². The average molecular weight is 463 g/mol. The van der Waals surface area contributed by atoms with Crippen molar-refractivity contribution >= 4 is 33.5 Å². The zero-order valence-corrected chi connectivity index (χ0v) is 18.6. The van der Waals surface area contributed by atoms with Gasteiger partial charge in [-0.3, -0.25) is 14.5 Å². The van der Waals surface area contributed by atoms with Gasteiger partial charge >= 0.3 is 5.97 Å². The summed E-state index contributed by atoms with van der Waals surface area (Å²) in [5.41, 5.74) is 0.369. The second kappa shape index (κ2) is 6.28. The number of nitrogens with zero attached hydrogens (tertiary/aromatic N) is 2. The Hall–Kier alpha value is -1.44. The molecular weight excluding hydrogens is 436 g/mol. The van der Waals surface area contributed by atoms with Crippen LogP contribution in [0.4, 0.5) is 5.69 Å². The number of fused-ring (bicyclic) bond motifs is 3. The van der Waals surface area contributed by atoms with E-state index in [4.69, 9.17) is 4.74 Å². The van der Waals surface area contributed by atoms with E-state index in [1.54, 1.807) is 4.90 Å². The van der Waals surface area contributed by atoms with Crippen LogP contribution in [0.1, 0.15) is 31.7 Å². The van der Waals surface area contributed by atoms with E-state index in [9.17, 15) is 14.7 Å². The maximum atomic E-state index is 13.7. The number of hydrogen-bond donors (Lipinski definition) is 1. The quantitative estimate of drug-likeness (QED) is 0.697. The lowest BCUT2D eigenvalue weighted by Crippen LogP contribution is -2.69. The molecule has 7 heteroatoms. The number of ether oxygens (including phenoxy) is 1. The summed E-state index contributed by atoms with van der Waals surface area (Å²) in [7, 11) is 3.25. The molecule has 0 saturated carbocycles. The van der Waals surface area contributed by atoms with Gasteiger partial charge in [0.2, 0.25) is 5.91 Å². The number of likely N-dealkylation sites (N-methyl/N-ethyl adjacent to an activating group) is 1. The third-order valence-corrected chi connectivity index (χ3v) is 8.96. The van der Waals surface area contributed by atoms with Gasteiger partial charge in [-0.05, 0) is 48.4 Å². The van der Waals surface area contributed by atoms with Crippen LogP contribution < -0.4 is 4.90 Å². The summed E-state index contributed by atoms with van der Waals surface area (Å²) in [6, 6.07) is 5.90. The minimum atomic E-state index is -0.957. The van der Waals surface area contributed by atoms with Crippen molar-refractivity contribution in [2.24, 2.45) is 17.3 Å². The number of anilines is 1. The molecule has 29 heavy (non-hydrogen) atoms. The van der Waals surface area contributed by atoms with Crippen LogP contribution in [-0.2, 0) is 19.7 Å². The molecule has 4 bridgehead atoms. The maximum absolute atomic E-state index is 13.7. The molecule has 1 N–H and O–H groups in total. The van der Waals surface area contributed by atoms with Crippen molar-refractivity contribution in [3.05, 3.63) is 28.2 Å². The van der Waals surface area contributed by atoms with Crippen molar-refractivity contribution in [2.75, 3.05) is 32.2 Å². The summed E-state index contributed by atoms with van der Waals surface area (Å²) < 4.78 is 6.19. The van der Waals surface area contributed by atoms with Gasteiger partial charge in [0.25, 0.3) is 0 Å². The van der Waals surface area contributed by atoms with Crippen molar-refractivity contribution in [1.29, 1.82) is 0 Å². The second-order valence-electron chi connectivity index (χ2n) is 9.13. The molecular formula is C22H27BrN2O4. The fraction of sp³-hybridized carbons (Fsp3) is 0.636. The minimum Gasteiger partial charge on any atom is -0.468 e. The SMILES string of the molecule is CCC1CN2[C@H]3C[C@@]4(C(=O)N(C)c5ccc(Br)cc54)[C@@H]2C[C@@H]1C3(CO)C(=O)OC. The molecule has 1 aromatic carbocycles. The van der Waals surface area contributed by atoms with Crippen LogP contribution in [-0.4, -0.2) is 61.3 Å². The molecule has 156 valence electrons. The Labute approximate surface area is 179 Å². The molecule has 7 atom stereocenters. The minimum absolute atomic E-state index is 0.0265. The summed E-state index contributed by atoms with van der Waals surface area (Å²) in [6.45, 7) is 2.78. The lowest BCUT2D eigenvalue weighted by atomic mass is 9.57. The molecule has 1 amide bonds. The number of piperidine rings is 3. The van der Waals surface area contributed by atoms with Gasteiger partial charge in [-0.1, -0.05) is 29.3 Å². The monoisotopic (exact) mass is 462 g/mol. The van der Waals surface area contributed by atoms with Crippen molar-refractivity contribution in [3.8, 4) is 0 Å². The van der Waals surface area contributed by atoms with Gasteiger partial charge in [-0.25, -0.2) is 0 Å². The van der Waals surface area contributed by atoms with Crippen molar-refractivity contribution in [1.82, 2.24) is 4.90 Å². The summed E-state index contributed by atoms with van der Waals surface area (Å²) in [5.74, 6) is 0.121. The summed E-state index contributed by atoms with van der Waals surface area (Å²) >= 11 is 3.58. The molecule has 4 fully saturated rings. The first-order chi connectivity index (χ1) is 13.9. The zero-order chi connectivity index (χ0) is 20.7. The van der Waals surface area contributed by atoms with Crippen LogP contribution in [0, 0.1) is 17.3 Å². The van der Waals surface area contributed by atoms with E-state index in [0.29, 0.717) is 12.3 Å². The average Bonchev–Trinajstić information content (AvgIpc) is 3.13. The van der Waals surface area contributed by atoms with Gasteiger partial charge in [-0.2, -0.15) is 0 Å². The van der Waals surface area contributed by atoms with Gasteiger partial charge < -0.3 is 14.7 Å². The zero-order valence-electron chi connectivity index (χ0n) is 17.0. The highest BCUT2D eigenvalue weighted by atomic mass is 79.9. The number of methoxy groups -OCH3 is 1. The number of carbonyl (C=O) groups excluding carboxylic acids is 2. The maximum Gasteiger partial charge on any atom is 0.316 e. The van der Waals surface area contributed by atoms with Crippen molar-refractivity contribution in [2.45, 2.75) is 43.7 Å². The van der Waals surface area contributed by atoms with Gasteiger partial charge in [0.1, 0.15) is 5.41 Å². The molecule has 0 aromatic heterocycles. The van der Waals surface area contributed by atoms with E-state index in [2.05, 4.69) is 33.8 Å². The van der Waals surface area contributed by atoms with E-state index in [0.717, 1.165) is 35.1 Å². The third kappa shape index (κ3) is 2.09. The first-order valence-corrected chi connectivity index (χ1v) is 11.2. The molecule has 1 aromatic rings. The molecule has 3 unspecified atom stereocenters. The molecule has 5 aliphatic heterocycles. The van der Waals surface area contributed by atoms with Crippen LogP contribution >= 0.6 is 15.9 Å². The number of amides is 1. The largest absolute Gasteiger partial charge is 0.468 e. The van der Waals surface area contributed by atoms with E-state index < -0.39 is 10.8 Å². The molecule has 0 radical (unpaired) electrons. The second-order valence-corrected chi connectivity index (χ2v) is 10.0. The molecule has 4 saturated heterocycles. The molecule has 1 spiro atoms. The number of rotatable bonds is 3. The first kappa shape index (κ1) is 19.5. The van der Waals surface area contributed by atoms with Crippen molar-refractivity contribution in [3.63, 3.8) is 0 Å². The van der Waals surface area contributed by atoms with Gasteiger partial charge in [0, 0.05) is 35.8 Å². The third-order valence-electron chi connectivity index (χ3n) is 8.47. The summed E-state index contributed by atoms with van der Waals surface area (Å²) in [4.78, 5) is 30.9. The van der Waals surface area contributed by atoms with Gasteiger partial charge in [-0.15, -0.1) is 0 Å².